The SMILES string of the molecule is [2H]c1c([2H])c([2H])c(CNC(=O)C(C)NC(=O)CCC(=O)O)c([2H])c1[2H]. The molecule has 0 aliphatic rings. The van der Waals surface area contributed by atoms with Crippen LogP contribution in [-0.2, 0) is 20.9 Å². The van der Waals surface area contributed by atoms with Crippen LogP contribution in [0.5, 0.6) is 0 Å². The molecule has 1 aromatic carbocycles. The molecule has 1 atom stereocenters. The number of hydrogen-bond donors (Lipinski definition) is 3. The van der Waals surface area contributed by atoms with Gasteiger partial charge >= 0.3 is 5.97 Å². The van der Waals surface area contributed by atoms with Crippen molar-refractivity contribution in [2.24, 2.45) is 0 Å². The average Bonchev–Trinajstić information content (AvgIpc) is 2.56. The summed E-state index contributed by atoms with van der Waals surface area (Å²) in [6.07, 6.45) is -0.626. The minimum absolute atomic E-state index is 0.0660. The Balaban J connectivity index is 2.71. The molecule has 3 N–H and O–H groups in total. The van der Waals surface area contributed by atoms with Gasteiger partial charge in [0.1, 0.15) is 6.04 Å². The van der Waals surface area contributed by atoms with E-state index in [2.05, 4.69) is 10.6 Å². The second kappa shape index (κ2) is 7.93. The first kappa shape index (κ1) is 9.52. The Bertz CT molecular complexity index is 682. The molecule has 0 aliphatic heterocycles. The van der Waals surface area contributed by atoms with Crippen LogP contribution < -0.4 is 10.6 Å². The van der Waals surface area contributed by atoms with Crippen molar-refractivity contribution in [1.82, 2.24) is 10.6 Å². The third-order valence-corrected chi connectivity index (χ3v) is 2.33. The number of carboxylic acid groups (broad SMARTS) is 1. The fourth-order valence-corrected chi connectivity index (χ4v) is 1.29. The van der Waals surface area contributed by atoms with Crippen LogP contribution in [0.1, 0.15) is 32.2 Å². The van der Waals surface area contributed by atoms with E-state index in [0.717, 1.165) is 0 Å². The molecule has 0 heterocycles. The van der Waals surface area contributed by atoms with Crippen molar-refractivity contribution in [3.63, 3.8) is 0 Å². The van der Waals surface area contributed by atoms with Crippen molar-refractivity contribution >= 4 is 17.8 Å². The van der Waals surface area contributed by atoms with Gasteiger partial charge in [0, 0.05) is 13.0 Å². The molecule has 1 unspecified atom stereocenters. The van der Waals surface area contributed by atoms with Gasteiger partial charge in [-0.05, 0) is 12.5 Å². The lowest BCUT2D eigenvalue weighted by atomic mass is 10.2. The number of nitrogens with one attached hydrogen (secondary N) is 2. The van der Waals surface area contributed by atoms with Crippen LogP contribution in [0.15, 0.2) is 30.2 Å². The van der Waals surface area contributed by atoms with Crippen molar-refractivity contribution in [3.05, 3.63) is 35.8 Å². The van der Waals surface area contributed by atoms with Crippen LogP contribution in [0.3, 0.4) is 0 Å². The van der Waals surface area contributed by atoms with E-state index in [1.165, 1.54) is 6.92 Å². The molecule has 0 aliphatic carbocycles. The molecule has 0 saturated heterocycles. The van der Waals surface area contributed by atoms with Gasteiger partial charge < -0.3 is 15.7 Å². The molecule has 6 nitrogen and oxygen atoms in total. The summed E-state index contributed by atoms with van der Waals surface area (Å²) in [5.74, 6) is -2.36. The van der Waals surface area contributed by atoms with Gasteiger partial charge in [0.25, 0.3) is 0 Å². The van der Waals surface area contributed by atoms with Crippen molar-refractivity contribution in [3.8, 4) is 0 Å². The Kier molecular flexibility index (Phi) is 3.78. The zero-order valence-electron chi connectivity index (χ0n) is 15.9. The topological polar surface area (TPSA) is 95.5 Å². The lowest BCUT2D eigenvalue weighted by Gasteiger charge is -2.13. The Morgan fingerprint density at radius 1 is 1.25 bits per heavy atom. The van der Waals surface area contributed by atoms with Crippen molar-refractivity contribution in [2.75, 3.05) is 0 Å². The molecule has 1 aromatic rings. The molecule has 0 bridgehead atoms. The molecular formula is C14H18N2O4. The highest BCUT2D eigenvalue weighted by Gasteiger charge is 2.15. The summed E-state index contributed by atoms with van der Waals surface area (Å²) in [6.45, 7) is 1.08. The molecule has 0 spiro atoms. The zero-order valence-corrected chi connectivity index (χ0v) is 10.9. The molecule has 6 heteroatoms. The van der Waals surface area contributed by atoms with E-state index in [4.69, 9.17) is 12.0 Å². The van der Waals surface area contributed by atoms with E-state index in [-0.39, 0.29) is 24.9 Å². The number of carboxylic acids is 1. The monoisotopic (exact) mass is 283 g/mol. The van der Waals surface area contributed by atoms with E-state index >= 15 is 0 Å². The van der Waals surface area contributed by atoms with Gasteiger partial charge in [-0.15, -0.1) is 0 Å². The first-order valence-corrected chi connectivity index (χ1v) is 5.90. The minimum Gasteiger partial charge on any atom is -0.481 e. The maximum atomic E-state index is 12.0. The largest absolute Gasteiger partial charge is 0.481 e. The fourth-order valence-electron chi connectivity index (χ4n) is 1.29. The summed E-state index contributed by atoms with van der Waals surface area (Å²) in [5, 5.41) is 13.2. The second-order valence-electron chi connectivity index (χ2n) is 4.00. The Labute approximate surface area is 124 Å². The normalized spacial score (nSPS) is 14.9. The molecular weight excluding hydrogens is 260 g/mol. The molecule has 0 aromatic heterocycles. The van der Waals surface area contributed by atoms with Crippen molar-refractivity contribution in [2.45, 2.75) is 32.4 Å². The standard InChI is InChI=1S/C14H18N2O4/c1-10(16-12(17)7-8-13(18)19)14(20)15-9-11-5-3-2-4-6-11/h2-6,10H,7-9H2,1H3,(H,15,20)(H,16,17)(H,18,19)/i2D,3D,4D,5D,6D. The molecule has 0 saturated carbocycles. The number of hydrogen-bond acceptors (Lipinski definition) is 3. The summed E-state index contributed by atoms with van der Waals surface area (Å²) in [7, 11) is 0. The summed E-state index contributed by atoms with van der Waals surface area (Å²) < 4.78 is 38.1. The molecule has 20 heavy (non-hydrogen) atoms. The highest BCUT2D eigenvalue weighted by Crippen LogP contribution is 1.98. The highest BCUT2D eigenvalue weighted by atomic mass is 16.4. The lowest BCUT2D eigenvalue weighted by molar-refractivity contribution is -0.139. The number of carbonyl (C=O) groups is 3. The lowest BCUT2D eigenvalue weighted by Crippen LogP contribution is -2.44. The maximum absolute atomic E-state index is 12.0. The summed E-state index contributed by atoms with van der Waals surface area (Å²) in [4.78, 5) is 33.8. The third-order valence-electron chi connectivity index (χ3n) is 2.33. The Morgan fingerprint density at radius 2 is 1.90 bits per heavy atom. The summed E-state index contributed by atoms with van der Waals surface area (Å²) >= 11 is 0. The van der Waals surface area contributed by atoms with Crippen LogP contribution in [0.4, 0.5) is 0 Å². The van der Waals surface area contributed by atoms with E-state index in [0.29, 0.717) is 0 Å². The quantitative estimate of drug-likeness (QED) is 0.685. The number of rotatable bonds is 7. The van der Waals surface area contributed by atoms with Gasteiger partial charge in [-0.2, -0.15) is 0 Å². The number of benzene rings is 1. The summed E-state index contributed by atoms with van der Waals surface area (Å²) in [5.41, 5.74) is -0.0660. The summed E-state index contributed by atoms with van der Waals surface area (Å²) in [6, 6.07) is -3.32. The maximum Gasteiger partial charge on any atom is 0.303 e. The predicted octanol–water partition coefficient (Wildman–Crippen LogP) is 0.672. The number of amides is 2. The van der Waals surface area contributed by atoms with Gasteiger partial charge in [-0.3, -0.25) is 14.4 Å². The minimum atomic E-state index is -1.13. The van der Waals surface area contributed by atoms with Crippen LogP contribution in [-0.4, -0.2) is 28.9 Å². The third kappa shape index (κ3) is 5.99. The molecule has 1 rings (SSSR count). The van der Waals surface area contributed by atoms with E-state index in [9.17, 15) is 14.4 Å². The van der Waals surface area contributed by atoms with Gasteiger partial charge in [-0.1, -0.05) is 30.2 Å². The van der Waals surface area contributed by atoms with Gasteiger partial charge in [0.2, 0.25) is 11.8 Å². The van der Waals surface area contributed by atoms with E-state index < -0.39 is 54.0 Å². The first-order valence-electron chi connectivity index (χ1n) is 8.40. The second-order valence-corrected chi connectivity index (χ2v) is 4.00. The van der Waals surface area contributed by atoms with Gasteiger partial charge in [0.05, 0.1) is 13.3 Å². The van der Waals surface area contributed by atoms with Crippen molar-refractivity contribution in [1.29, 1.82) is 0 Å². The Morgan fingerprint density at radius 3 is 2.50 bits per heavy atom. The zero-order chi connectivity index (χ0) is 19.3. The number of carbonyl (C=O) groups excluding carboxylic acids is 2. The van der Waals surface area contributed by atoms with Gasteiger partial charge in [-0.25, -0.2) is 0 Å². The smallest absolute Gasteiger partial charge is 0.303 e. The van der Waals surface area contributed by atoms with Gasteiger partial charge in [0.15, 0.2) is 0 Å². The fraction of sp³-hybridized carbons (Fsp3) is 0.357. The number of aliphatic carboxylic acids is 1. The molecule has 108 valence electrons. The van der Waals surface area contributed by atoms with Crippen LogP contribution in [0.2, 0.25) is 0 Å². The molecule has 2 amide bonds. The molecule has 0 fully saturated rings. The van der Waals surface area contributed by atoms with Crippen LogP contribution in [0, 0.1) is 0 Å². The van der Waals surface area contributed by atoms with Crippen LogP contribution in [0.25, 0.3) is 0 Å². The average molecular weight is 283 g/mol. The first-order chi connectivity index (χ1) is 11.6. The predicted molar refractivity (Wildman–Crippen MR) is 72.8 cm³/mol. The van der Waals surface area contributed by atoms with E-state index in [1.54, 1.807) is 0 Å². The highest BCUT2D eigenvalue weighted by molar-refractivity contribution is 5.88. The molecule has 0 radical (unpaired) electrons. The van der Waals surface area contributed by atoms with E-state index in [1.807, 2.05) is 0 Å². The van der Waals surface area contributed by atoms with Crippen molar-refractivity contribution < 1.29 is 26.3 Å². The Hall–Kier alpha value is -2.37. The van der Waals surface area contributed by atoms with Crippen LogP contribution >= 0.6 is 0 Å².